The fourth-order valence-corrected chi connectivity index (χ4v) is 12.2. The number of rotatable bonds is 14. The number of ether oxygens (including phenoxy) is 3. The number of aromatic amines is 2. The predicted molar refractivity (Wildman–Crippen MR) is 280 cm³/mol. The largest absolute Gasteiger partial charge is 0.453 e. The molecule has 4 amide bonds. The van der Waals surface area contributed by atoms with Gasteiger partial charge in [0.1, 0.15) is 46.9 Å². The minimum absolute atomic E-state index is 0.0379. The summed E-state index contributed by atoms with van der Waals surface area (Å²) in [5.74, 6) is -3.66. The molecule has 0 unspecified atom stereocenters. The molecule has 0 saturated carbocycles. The van der Waals surface area contributed by atoms with Crippen molar-refractivity contribution in [3.63, 3.8) is 0 Å². The second-order valence-corrected chi connectivity index (χ2v) is 20.9. The van der Waals surface area contributed by atoms with Gasteiger partial charge in [0.15, 0.2) is 11.6 Å². The Kier molecular flexibility index (Phi) is 15.7. The van der Waals surface area contributed by atoms with E-state index in [9.17, 15) is 28.7 Å². The number of piperidine rings is 1. The van der Waals surface area contributed by atoms with Crippen LogP contribution in [-0.4, -0.2) is 131 Å². The van der Waals surface area contributed by atoms with E-state index in [2.05, 4.69) is 25.3 Å². The van der Waals surface area contributed by atoms with Crippen LogP contribution >= 0.6 is 0 Å². The zero-order valence-corrected chi connectivity index (χ0v) is 44.3. The molecular formula is C56H63F5N10O8. The summed E-state index contributed by atoms with van der Waals surface area (Å²) in [6, 6.07) is 8.86. The maximum absolute atomic E-state index is 17.0. The average molecular weight is 1100 g/mol. The number of H-pyrrole nitrogens is 2. The number of methoxy groups -OCH3 is 3. The number of fused-ring (bicyclic) bond motifs is 2. The van der Waals surface area contributed by atoms with Crippen molar-refractivity contribution < 1.29 is 60.4 Å². The first-order chi connectivity index (χ1) is 38.0. The Morgan fingerprint density at radius 3 is 1.57 bits per heavy atom. The van der Waals surface area contributed by atoms with Gasteiger partial charge in [0.05, 0.1) is 72.7 Å². The minimum Gasteiger partial charge on any atom is -0.453 e. The van der Waals surface area contributed by atoms with E-state index in [0.29, 0.717) is 80.8 Å². The molecule has 18 nitrogen and oxygen atoms in total. The SMILES string of the molecule is COC(=O)N[C@H](C(=O)N1CCC[C@H]1c1nc2cc(F)c([C@H]3CC[C@H](c4cc5[nH]c([C@@H]6CCCN6C(=O)[C@@H](NC(=O)OC)[C@@H](C)OC)nc5cc4F)N3c3cc(F)c(N4CCC(c5ccc(F)cc5)CC4)c(F)c3)cc2[nH]1)[C@@H](C)O. The van der Waals surface area contributed by atoms with Crippen LogP contribution < -0.4 is 20.4 Å². The van der Waals surface area contributed by atoms with Crippen molar-refractivity contribution in [2.75, 3.05) is 57.3 Å². The van der Waals surface area contributed by atoms with E-state index in [-0.39, 0.29) is 64.7 Å². The van der Waals surface area contributed by atoms with Crippen LogP contribution in [0.25, 0.3) is 22.1 Å². The van der Waals surface area contributed by atoms with Gasteiger partial charge >= 0.3 is 12.2 Å². The quantitative estimate of drug-likeness (QED) is 0.0649. The Bertz CT molecular complexity index is 3240. The molecule has 6 heterocycles. The number of amides is 4. The van der Waals surface area contributed by atoms with Crippen LogP contribution in [0.5, 0.6) is 0 Å². The number of alkyl carbamates (subject to hydrolysis) is 2. The summed E-state index contributed by atoms with van der Waals surface area (Å²) in [7, 11) is 3.75. The van der Waals surface area contributed by atoms with E-state index in [1.807, 2.05) is 0 Å². The summed E-state index contributed by atoms with van der Waals surface area (Å²) in [5.41, 5.74) is 2.32. The first-order valence-electron chi connectivity index (χ1n) is 26.6. The fourth-order valence-electron chi connectivity index (χ4n) is 12.2. The van der Waals surface area contributed by atoms with Gasteiger partial charge < -0.3 is 59.5 Å². The molecule has 8 atom stereocenters. The number of anilines is 2. The van der Waals surface area contributed by atoms with E-state index in [1.165, 1.54) is 62.4 Å². The Morgan fingerprint density at radius 1 is 0.620 bits per heavy atom. The van der Waals surface area contributed by atoms with Crippen molar-refractivity contribution in [2.24, 2.45) is 0 Å². The van der Waals surface area contributed by atoms with Crippen molar-refractivity contribution in [1.82, 2.24) is 40.4 Å². The zero-order chi connectivity index (χ0) is 56.0. The van der Waals surface area contributed by atoms with Gasteiger partial charge in [0.2, 0.25) is 11.8 Å². The first kappa shape index (κ1) is 54.8. The molecule has 2 aromatic heterocycles. The molecule has 23 heteroatoms. The summed E-state index contributed by atoms with van der Waals surface area (Å²) in [6.07, 6.45) is 0.0172. The number of nitrogens with one attached hydrogen (secondary N) is 4. The van der Waals surface area contributed by atoms with Crippen molar-refractivity contribution >= 4 is 57.4 Å². The Morgan fingerprint density at radius 2 is 1.10 bits per heavy atom. The maximum atomic E-state index is 17.0. The van der Waals surface area contributed by atoms with E-state index < -0.39 is 95.7 Å². The van der Waals surface area contributed by atoms with Gasteiger partial charge in [-0.1, -0.05) is 12.1 Å². The lowest BCUT2D eigenvalue weighted by molar-refractivity contribution is -0.138. The number of benzene rings is 4. The molecule has 10 rings (SSSR count). The van der Waals surface area contributed by atoms with Gasteiger partial charge in [0, 0.05) is 62.2 Å². The second kappa shape index (κ2) is 22.7. The van der Waals surface area contributed by atoms with Gasteiger partial charge in [-0.15, -0.1) is 0 Å². The predicted octanol–water partition coefficient (Wildman–Crippen LogP) is 8.79. The van der Waals surface area contributed by atoms with Crippen LogP contribution in [0.2, 0.25) is 0 Å². The van der Waals surface area contributed by atoms with Crippen molar-refractivity contribution in [3.8, 4) is 0 Å². The third kappa shape index (κ3) is 10.7. The lowest BCUT2D eigenvalue weighted by Gasteiger charge is -2.36. The van der Waals surface area contributed by atoms with E-state index in [0.717, 1.165) is 12.7 Å². The summed E-state index contributed by atoms with van der Waals surface area (Å²) >= 11 is 0. The molecule has 4 saturated heterocycles. The van der Waals surface area contributed by atoms with Crippen molar-refractivity contribution in [2.45, 2.75) is 120 Å². The van der Waals surface area contributed by atoms with E-state index in [1.54, 1.807) is 45.9 Å². The molecule has 6 aromatic rings. The third-order valence-electron chi connectivity index (χ3n) is 16.3. The van der Waals surface area contributed by atoms with Gasteiger partial charge in [-0.25, -0.2) is 41.5 Å². The number of carbonyl (C=O) groups is 4. The number of hydrogen-bond acceptors (Lipinski definition) is 12. The molecule has 5 N–H and O–H groups in total. The number of aliphatic hydroxyl groups is 1. The number of hydrogen-bond donors (Lipinski definition) is 5. The molecule has 79 heavy (non-hydrogen) atoms. The number of carbonyl (C=O) groups excluding carboxylic acids is 4. The first-order valence-corrected chi connectivity index (χ1v) is 26.6. The topological polar surface area (TPSA) is 211 Å². The van der Waals surface area contributed by atoms with Gasteiger partial charge in [-0.3, -0.25) is 9.59 Å². The number of likely N-dealkylation sites (tertiary alicyclic amines) is 2. The number of imidazole rings is 2. The number of halogens is 5. The van der Waals surface area contributed by atoms with E-state index >= 15 is 17.6 Å². The summed E-state index contributed by atoms with van der Waals surface area (Å²) in [5, 5.41) is 15.4. The Hall–Kier alpha value is -7.53. The molecule has 0 aliphatic carbocycles. The van der Waals surface area contributed by atoms with Gasteiger partial charge in [0.25, 0.3) is 0 Å². The smallest absolute Gasteiger partial charge is 0.407 e. The van der Waals surface area contributed by atoms with Crippen LogP contribution in [0, 0.1) is 29.1 Å². The molecule has 0 radical (unpaired) electrons. The van der Waals surface area contributed by atoms with Crippen LogP contribution in [0.4, 0.5) is 42.9 Å². The van der Waals surface area contributed by atoms with E-state index in [4.69, 9.17) is 19.4 Å². The Labute approximate surface area is 451 Å². The summed E-state index contributed by atoms with van der Waals surface area (Å²) in [4.78, 5) is 74.6. The highest BCUT2D eigenvalue weighted by Crippen LogP contribution is 2.50. The van der Waals surface area contributed by atoms with Crippen molar-refractivity contribution in [1.29, 1.82) is 0 Å². The zero-order valence-electron chi connectivity index (χ0n) is 44.3. The standard InChI is InChI=1S/C56H63F5N10O8/c1-28(72)48(66-55(75)78-4)53(73)69-18-6-8-46(69)51-62-40-24-34(36(58)26-42(40)64-51)44-14-15-45(71(44)33-22-38(60)50(39(61)23-33)68-20-16-31(17-21-68)30-10-12-32(57)13-11-30)35-25-41-43(27-37(35)59)65-52(63-41)47-9-7-19-70(47)54(74)49(29(2)77-3)67-56(76)79-5/h10-13,22-29,31,44-49,72H,6-9,14-21H2,1-5H3,(H,62,64)(H,63,65)(H,66,75)(H,67,76)/t28-,29-,44-,45-,46+,47+,48+,49+/m1/s1. The molecule has 4 aliphatic rings. The van der Waals surface area contributed by atoms with Gasteiger partial charge in [-0.05, 0) is 113 Å². The normalized spacial score (nSPS) is 21.4. The highest BCUT2D eigenvalue weighted by molar-refractivity contribution is 5.88. The molecular weight excluding hydrogens is 1040 g/mol. The lowest BCUT2D eigenvalue weighted by atomic mass is 9.89. The minimum atomic E-state index is -1.32. The van der Waals surface area contributed by atoms with Crippen molar-refractivity contribution in [3.05, 3.63) is 118 Å². The molecule has 4 aliphatic heterocycles. The number of aromatic nitrogens is 4. The highest BCUT2D eigenvalue weighted by atomic mass is 19.1. The summed E-state index contributed by atoms with van der Waals surface area (Å²) < 4.78 is 96.2. The average Bonchev–Trinajstić information content (AvgIpc) is 4.51. The van der Waals surface area contributed by atoms with Crippen LogP contribution in [0.15, 0.2) is 60.7 Å². The number of aliphatic hydroxyl groups excluding tert-OH is 1. The maximum Gasteiger partial charge on any atom is 0.407 e. The second-order valence-electron chi connectivity index (χ2n) is 20.9. The lowest BCUT2D eigenvalue weighted by Crippen LogP contribution is -2.54. The molecule has 0 spiro atoms. The summed E-state index contributed by atoms with van der Waals surface area (Å²) in [6.45, 7) is 4.29. The Balaban J connectivity index is 0.993. The highest BCUT2D eigenvalue weighted by Gasteiger charge is 2.43. The number of nitrogens with zero attached hydrogens (tertiary/aromatic N) is 6. The molecule has 4 aromatic carbocycles. The molecule has 4 fully saturated rings. The molecule has 0 bridgehead atoms. The van der Waals surface area contributed by atoms with Crippen LogP contribution in [0.1, 0.15) is 124 Å². The van der Waals surface area contributed by atoms with Crippen LogP contribution in [-0.2, 0) is 23.8 Å². The monoisotopic (exact) mass is 1100 g/mol. The van der Waals surface area contributed by atoms with Crippen LogP contribution in [0.3, 0.4) is 0 Å². The fraction of sp³-hybridized carbons (Fsp3) is 0.464. The van der Waals surface area contributed by atoms with Gasteiger partial charge in [-0.2, -0.15) is 0 Å². The molecule has 420 valence electrons. The third-order valence-corrected chi connectivity index (χ3v) is 16.3.